The molecule has 0 saturated carbocycles. The lowest BCUT2D eigenvalue weighted by Gasteiger charge is -2.19. The Hall–Kier alpha value is -8.58. The van der Waals surface area contributed by atoms with E-state index in [0.717, 1.165) is 5.56 Å². The predicted octanol–water partition coefficient (Wildman–Crippen LogP) is 18.5. The first-order valence-electron chi connectivity index (χ1n) is 22.8. The van der Waals surface area contributed by atoms with Crippen molar-refractivity contribution in [3.05, 3.63) is 266 Å². The molecule has 0 N–H and O–H groups in total. The fourth-order valence-corrected chi connectivity index (χ4v) is 10.4. The number of hydrogen-bond donors (Lipinski definition) is 0. The lowest BCUT2D eigenvalue weighted by molar-refractivity contribution is 1.58. The van der Waals surface area contributed by atoms with E-state index in [0.29, 0.717) is 0 Å². The van der Waals surface area contributed by atoms with Crippen LogP contribution in [0.3, 0.4) is 0 Å². The van der Waals surface area contributed by atoms with Crippen LogP contribution in [0.25, 0.3) is 122 Å². The molecule has 12 aromatic carbocycles. The first-order valence-corrected chi connectivity index (χ1v) is 22.8. The maximum absolute atomic E-state index is 2.42. The quantitative estimate of drug-likeness (QED) is 0.106. The number of fused-ring (bicyclic) bond motifs is 4. The molecule has 0 nitrogen and oxygen atoms in total. The molecule has 0 amide bonds. The third kappa shape index (κ3) is 6.88. The van der Waals surface area contributed by atoms with Gasteiger partial charge in [0.25, 0.3) is 0 Å². The van der Waals surface area contributed by atoms with Crippen LogP contribution < -0.4 is 0 Å². The second-order valence-corrected chi connectivity index (χ2v) is 17.1. The number of benzene rings is 12. The summed E-state index contributed by atoms with van der Waals surface area (Å²) in [4.78, 5) is 0. The van der Waals surface area contributed by atoms with E-state index in [2.05, 4.69) is 267 Å². The van der Waals surface area contributed by atoms with Gasteiger partial charge in [0, 0.05) is 0 Å². The molecule has 0 aromatic heterocycles. The van der Waals surface area contributed by atoms with Gasteiger partial charge in [0.05, 0.1) is 0 Å². The summed E-state index contributed by atoms with van der Waals surface area (Å²) in [5, 5.41) is 10.0. The molecule has 0 fully saturated rings. The zero-order chi connectivity index (χ0) is 43.8. The minimum Gasteiger partial charge on any atom is -0.0622 e. The fourth-order valence-electron chi connectivity index (χ4n) is 10.4. The summed E-state index contributed by atoms with van der Waals surface area (Å²) in [6.45, 7) is 0. The average Bonchev–Trinajstić information content (AvgIpc) is 3.39. The smallest absolute Gasteiger partial charge is 0.00201 e. The van der Waals surface area contributed by atoms with Gasteiger partial charge in [-0.3, -0.25) is 0 Å². The van der Waals surface area contributed by atoms with Crippen molar-refractivity contribution in [1.29, 1.82) is 0 Å². The largest absolute Gasteiger partial charge is 0.0622 e. The lowest BCUT2D eigenvalue weighted by Crippen LogP contribution is -1.92. The molecule has 0 atom stereocenters. The molecule has 12 rings (SSSR count). The maximum atomic E-state index is 2.42. The Labute approximate surface area is 386 Å². The standard InChI is InChI=1S/C66H44/c1-4-23-47(24-5-1)63-57-35-16-18-37-59(57)66(60-38-19-17-36-58(60)63)54-32-13-12-31-53(54)50-29-20-21-45(43-50)39-40-46-22-10-11-30-52(46)51-41-42-61-62(44-51)65(49-27-8-3-9-28-49)56-34-15-14-33-55(56)64(61)48-25-6-2-7-26-48/h1-44H. The topological polar surface area (TPSA) is 0 Å². The minimum atomic E-state index is 1.15. The first-order chi connectivity index (χ1) is 32.8. The highest BCUT2D eigenvalue weighted by Gasteiger charge is 2.20. The van der Waals surface area contributed by atoms with Crippen molar-refractivity contribution >= 4 is 55.2 Å². The van der Waals surface area contributed by atoms with Gasteiger partial charge in [-0.15, -0.1) is 0 Å². The van der Waals surface area contributed by atoms with Crippen molar-refractivity contribution in [2.24, 2.45) is 0 Å². The zero-order valence-electron chi connectivity index (χ0n) is 36.4. The highest BCUT2D eigenvalue weighted by Crippen LogP contribution is 2.47. The molecule has 0 aliphatic carbocycles. The fraction of sp³-hybridized carbons (Fsp3) is 0. The third-order valence-corrected chi connectivity index (χ3v) is 13.3. The van der Waals surface area contributed by atoms with Gasteiger partial charge in [0.15, 0.2) is 0 Å². The summed E-state index contributed by atoms with van der Waals surface area (Å²) < 4.78 is 0. The lowest BCUT2D eigenvalue weighted by atomic mass is 9.84. The van der Waals surface area contributed by atoms with Crippen LogP contribution in [-0.2, 0) is 0 Å². The van der Waals surface area contributed by atoms with E-state index in [1.807, 2.05) is 0 Å². The van der Waals surface area contributed by atoms with E-state index in [1.54, 1.807) is 0 Å². The van der Waals surface area contributed by atoms with Gasteiger partial charge in [-0.25, -0.2) is 0 Å². The van der Waals surface area contributed by atoms with Crippen molar-refractivity contribution in [1.82, 2.24) is 0 Å². The summed E-state index contributed by atoms with van der Waals surface area (Å²) in [6.07, 6.45) is 4.55. The molecule has 0 heteroatoms. The van der Waals surface area contributed by atoms with Crippen LogP contribution in [0.15, 0.2) is 255 Å². The van der Waals surface area contributed by atoms with Crippen LogP contribution in [0.2, 0.25) is 0 Å². The van der Waals surface area contributed by atoms with E-state index in [9.17, 15) is 0 Å². The highest BCUT2D eigenvalue weighted by atomic mass is 14.2. The molecule has 0 unspecified atom stereocenters. The van der Waals surface area contributed by atoms with Gasteiger partial charge in [-0.2, -0.15) is 0 Å². The Balaban J connectivity index is 0.966. The van der Waals surface area contributed by atoms with E-state index in [4.69, 9.17) is 0 Å². The molecular formula is C66H44. The molecule has 0 spiro atoms. The predicted molar refractivity (Wildman–Crippen MR) is 284 cm³/mol. The zero-order valence-corrected chi connectivity index (χ0v) is 36.4. The normalized spacial score (nSPS) is 11.6. The van der Waals surface area contributed by atoms with Crippen LogP contribution in [0.4, 0.5) is 0 Å². The van der Waals surface area contributed by atoms with Gasteiger partial charge in [-0.05, 0) is 133 Å². The Kier molecular flexibility index (Phi) is 9.97. The van der Waals surface area contributed by atoms with E-state index >= 15 is 0 Å². The van der Waals surface area contributed by atoms with Gasteiger partial charge in [0.2, 0.25) is 0 Å². The SMILES string of the molecule is C(=Cc1ccccc1-c1ccc2c(-c3ccccc3)c3ccccc3c(-c3ccccc3)c2c1)c1cccc(-c2ccccc2-c2c3ccccc3c(-c3ccccc3)c3ccccc23)c1. The molecule has 0 heterocycles. The van der Waals surface area contributed by atoms with Crippen molar-refractivity contribution < 1.29 is 0 Å². The molecule has 0 saturated heterocycles. The molecule has 0 aliphatic heterocycles. The molecule has 66 heavy (non-hydrogen) atoms. The van der Waals surface area contributed by atoms with Crippen LogP contribution >= 0.6 is 0 Å². The van der Waals surface area contributed by atoms with Crippen molar-refractivity contribution in [3.63, 3.8) is 0 Å². The first kappa shape index (κ1) is 39.0. The van der Waals surface area contributed by atoms with Crippen molar-refractivity contribution in [2.75, 3.05) is 0 Å². The van der Waals surface area contributed by atoms with E-state index < -0.39 is 0 Å². The summed E-state index contributed by atoms with van der Waals surface area (Å²) in [6, 6.07) is 93.0. The van der Waals surface area contributed by atoms with Gasteiger partial charge >= 0.3 is 0 Å². The van der Waals surface area contributed by atoms with E-state index in [-0.39, 0.29) is 0 Å². The highest BCUT2D eigenvalue weighted by molar-refractivity contribution is 6.23. The van der Waals surface area contributed by atoms with Crippen LogP contribution in [0.5, 0.6) is 0 Å². The molecule has 0 bridgehead atoms. The third-order valence-electron chi connectivity index (χ3n) is 13.3. The number of hydrogen-bond acceptors (Lipinski definition) is 0. The van der Waals surface area contributed by atoms with Crippen LogP contribution in [0, 0.1) is 0 Å². The van der Waals surface area contributed by atoms with Crippen molar-refractivity contribution in [3.8, 4) is 66.8 Å². The molecule has 12 aromatic rings. The Morgan fingerprint density at radius 2 is 0.576 bits per heavy atom. The molecular weight excluding hydrogens is 793 g/mol. The second-order valence-electron chi connectivity index (χ2n) is 17.1. The summed E-state index contributed by atoms with van der Waals surface area (Å²) in [5.41, 5.74) is 17.1. The molecule has 308 valence electrons. The average molecular weight is 837 g/mol. The van der Waals surface area contributed by atoms with Gasteiger partial charge < -0.3 is 0 Å². The van der Waals surface area contributed by atoms with Crippen LogP contribution in [0.1, 0.15) is 11.1 Å². The van der Waals surface area contributed by atoms with Gasteiger partial charge in [-0.1, -0.05) is 255 Å². The Morgan fingerprint density at radius 3 is 1.11 bits per heavy atom. The van der Waals surface area contributed by atoms with Crippen molar-refractivity contribution in [2.45, 2.75) is 0 Å². The summed E-state index contributed by atoms with van der Waals surface area (Å²) in [7, 11) is 0. The van der Waals surface area contributed by atoms with Crippen LogP contribution in [-0.4, -0.2) is 0 Å². The molecule has 0 radical (unpaired) electrons. The van der Waals surface area contributed by atoms with E-state index in [1.165, 1.54) is 115 Å². The Morgan fingerprint density at radius 1 is 0.197 bits per heavy atom. The monoisotopic (exact) mass is 836 g/mol. The minimum absolute atomic E-state index is 1.15. The second kappa shape index (κ2) is 16.8. The maximum Gasteiger partial charge on any atom is -0.00201 e. The Bertz CT molecular complexity index is 3730. The summed E-state index contributed by atoms with van der Waals surface area (Å²) in [5.74, 6) is 0. The molecule has 0 aliphatic rings. The number of rotatable bonds is 8. The van der Waals surface area contributed by atoms with Gasteiger partial charge in [0.1, 0.15) is 0 Å². The summed E-state index contributed by atoms with van der Waals surface area (Å²) >= 11 is 0.